The zero-order chi connectivity index (χ0) is 15.4. The van der Waals surface area contributed by atoms with E-state index >= 15 is 0 Å². The van der Waals surface area contributed by atoms with Gasteiger partial charge in [-0.1, -0.05) is 19.8 Å². The monoisotopic (exact) mass is 302 g/mol. The summed E-state index contributed by atoms with van der Waals surface area (Å²) in [7, 11) is 0. The molecule has 1 N–H and O–H groups in total. The highest BCUT2D eigenvalue weighted by Crippen LogP contribution is 2.25. The summed E-state index contributed by atoms with van der Waals surface area (Å²) in [5.74, 6) is 0.846. The van der Waals surface area contributed by atoms with Crippen LogP contribution in [0.2, 0.25) is 0 Å². The fourth-order valence-electron chi connectivity index (χ4n) is 3.68. The highest BCUT2D eigenvalue weighted by Gasteiger charge is 2.24. The van der Waals surface area contributed by atoms with E-state index in [1.54, 1.807) is 0 Å². The van der Waals surface area contributed by atoms with E-state index in [0.29, 0.717) is 17.8 Å². The van der Waals surface area contributed by atoms with Crippen molar-refractivity contribution in [2.24, 2.45) is 0 Å². The lowest BCUT2D eigenvalue weighted by molar-refractivity contribution is 0.0932. The van der Waals surface area contributed by atoms with Gasteiger partial charge in [-0.25, -0.2) is 9.97 Å². The molecule has 120 valence electrons. The maximum atomic E-state index is 12.4. The molecule has 1 unspecified atom stereocenters. The van der Waals surface area contributed by atoms with Crippen molar-refractivity contribution in [3.05, 3.63) is 18.1 Å². The molecule has 22 heavy (non-hydrogen) atoms. The average molecular weight is 302 g/mol. The molecule has 0 bridgehead atoms. The van der Waals surface area contributed by atoms with Crippen molar-refractivity contribution in [1.82, 2.24) is 15.3 Å². The van der Waals surface area contributed by atoms with Gasteiger partial charge in [0.25, 0.3) is 5.91 Å². The maximum absolute atomic E-state index is 12.4. The van der Waals surface area contributed by atoms with Gasteiger partial charge in [-0.05, 0) is 38.5 Å². The summed E-state index contributed by atoms with van der Waals surface area (Å²) in [6.45, 7) is 3.25. The minimum Gasteiger partial charge on any atom is -0.354 e. The standard InChI is InChI=1S/C17H26N4O/c1-2-14-9-5-6-10-21(14)16-11-15(18-12-19-16)17(22)20-13-7-3-4-8-13/h11-14H,2-10H2,1H3,(H,20,22). The number of carbonyl (C=O) groups excluding carboxylic acids is 1. The molecule has 1 saturated heterocycles. The molecule has 5 nitrogen and oxygen atoms in total. The van der Waals surface area contributed by atoms with Crippen molar-refractivity contribution in [3.8, 4) is 0 Å². The van der Waals surface area contributed by atoms with Gasteiger partial charge in [-0.2, -0.15) is 0 Å². The van der Waals surface area contributed by atoms with Gasteiger partial charge >= 0.3 is 0 Å². The number of rotatable bonds is 4. The van der Waals surface area contributed by atoms with Gasteiger partial charge in [0.05, 0.1) is 0 Å². The predicted molar refractivity (Wildman–Crippen MR) is 87.0 cm³/mol. The molecule has 0 spiro atoms. The molecular formula is C17H26N4O. The third-order valence-electron chi connectivity index (χ3n) is 4.97. The number of anilines is 1. The number of nitrogens with one attached hydrogen (secondary N) is 1. The first-order valence-corrected chi connectivity index (χ1v) is 8.67. The van der Waals surface area contributed by atoms with Crippen molar-refractivity contribution in [2.75, 3.05) is 11.4 Å². The highest BCUT2D eigenvalue weighted by atomic mass is 16.1. The van der Waals surface area contributed by atoms with Gasteiger partial charge in [0.1, 0.15) is 17.8 Å². The molecule has 2 heterocycles. The number of aromatic nitrogens is 2. The summed E-state index contributed by atoms with van der Waals surface area (Å²) in [6.07, 6.45) is 11.0. The second-order valence-electron chi connectivity index (χ2n) is 6.47. The normalized spacial score (nSPS) is 22.8. The molecule has 2 aliphatic rings. The lowest BCUT2D eigenvalue weighted by Crippen LogP contribution is -2.40. The van der Waals surface area contributed by atoms with Gasteiger partial charge in [0, 0.05) is 24.7 Å². The van der Waals surface area contributed by atoms with Crippen molar-refractivity contribution >= 4 is 11.7 Å². The Bertz CT molecular complexity index is 513. The van der Waals surface area contributed by atoms with Gasteiger partial charge in [-0.15, -0.1) is 0 Å². The fraction of sp³-hybridized carbons (Fsp3) is 0.706. The largest absolute Gasteiger partial charge is 0.354 e. The van der Waals surface area contributed by atoms with Crippen LogP contribution in [-0.4, -0.2) is 34.5 Å². The zero-order valence-electron chi connectivity index (χ0n) is 13.4. The van der Waals surface area contributed by atoms with Crippen molar-refractivity contribution in [1.29, 1.82) is 0 Å². The molecule has 0 aromatic carbocycles. The summed E-state index contributed by atoms with van der Waals surface area (Å²) in [6, 6.07) is 2.72. The minimum absolute atomic E-state index is 0.0550. The van der Waals surface area contributed by atoms with E-state index in [4.69, 9.17) is 0 Å². The first kappa shape index (κ1) is 15.3. The Morgan fingerprint density at radius 2 is 2.00 bits per heavy atom. The Labute approximate surface area is 132 Å². The van der Waals surface area contributed by atoms with Gasteiger partial charge in [-0.3, -0.25) is 4.79 Å². The molecule has 1 atom stereocenters. The van der Waals surface area contributed by atoms with E-state index in [9.17, 15) is 4.79 Å². The first-order chi connectivity index (χ1) is 10.8. The molecule has 0 radical (unpaired) electrons. The van der Waals surface area contributed by atoms with E-state index in [2.05, 4.69) is 27.1 Å². The van der Waals surface area contributed by atoms with Crippen LogP contribution in [0.15, 0.2) is 12.4 Å². The van der Waals surface area contributed by atoms with Crippen LogP contribution in [0.5, 0.6) is 0 Å². The second-order valence-corrected chi connectivity index (χ2v) is 6.47. The Morgan fingerprint density at radius 3 is 2.77 bits per heavy atom. The first-order valence-electron chi connectivity index (χ1n) is 8.67. The number of carbonyl (C=O) groups is 1. The smallest absolute Gasteiger partial charge is 0.270 e. The number of hydrogen-bond acceptors (Lipinski definition) is 4. The fourth-order valence-corrected chi connectivity index (χ4v) is 3.68. The van der Waals surface area contributed by atoms with Gasteiger partial charge < -0.3 is 10.2 Å². The SMILES string of the molecule is CCC1CCCCN1c1cc(C(=O)NC2CCCC2)ncn1. The van der Waals surface area contributed by atoms with Crippen molar-refractivity contribution in [3.63, 3.8) is 0 Å². The molecule has 1 aliphatic heterocycles. The summed E-state index contributed by atoms with van der Waals surface area (Å²) in [4.78, 5) is 23.3. The van der Waals surface area contributed by atoms with Crippen molar-refractivity contribution < 1.29 is 4.79 Å². The lowest BCUT2D eigenvalue weighted by atomic mass is 10.00. The van der Waals surface area contributed by atoms with E-state index < -0.39 is 0 Å². The molecule has 1 aliphatic carbocycles. The van der Waals surface area contributed by atoms with Crippen LogP contribution < -0.4 is 10.2 Å². The number of nitrogens with zero attached hydrogens (tertiary/aromatic N) is 3. The summed E-state index contributed by atoms with van der Waals surface area (Å²) >= 11 is 0. The van der Waals surface area contributed by atoms with Gasteiger partial charge in [0.15, 0.2) is 0 Å². The number of amides is 1. The average Bonchev–Trinajstić information content (AvgIpc) is 3.08. The maximum Gasteiger partial charge on any atom is 0.270 e. The topological polar surface area (TPSA) is 58.1 Å². The third kappa shape index (κ3) is 3.39. The second kappa shape index (κ2) is 7.07. The van der Waals surface area contributed by atoms with E-state index in [1.165, 1.54) is 38.4 Å². The van der Waals surface area contributed by atoms with Crippen LogP contribution in [-0.2, 0) is 0 Å². The van der Waals surface area contributed by atoms with E-state index in [1.807, 2.05) is 6.07 Å². The Hall–Kier alpha value is -1.65. The van der Waals surface area contributed by atoms with Crippen LogP contribution in [0, 0.1) is 0 Å². The lowest BCUT2D eigenvalue weighted by Gasteiger charge is -2.36. The van der Waals surface area contributed by atoms with E-state index in [-0.39, 0.29) is 5.91 Å². The van der Waals surface area contributed by atoms with E-state index in [0.717, 1.165) is 31.6 Å². The van der Waals surface area contributed by atoms with Crippen LogP contribution in [0.1, 0.15) is 68.8 Å². The predicted octanol–water partition coefficient (Wildman–Crippen LogP) is 2.92. The summed E-state index contributed by atoms with van der Waals surface area (Å²) in [5, 5.41) is 3.10. The molecule has 5 heteroatoms. The Kier molecular flexibility index (Phi) is 4.90. The van der Waals surface area contributed by atoms with Crippen molar-refractivity contribution in [2.45, 2.75) is 70.4 Å². The molecule has 3 rings (SSSR count). The molecule has 1 amide bonds. The summed E-state index contributed by atoms with van der Waals surface area (Å²) < 4.78 is 0. The van der Waals surface area contributed by atoms with Crippen LogP contribution in [0.3, 0.4) is 0 Å². The molecule has 1 aromatic heterocycles. The minimum atomic E-state index is -0.0550. The zero-order valence-corrected chi connectivity index (χ0v) is 13.4. The van der Waals surface area contributed by atoms with Gasteiger partial charge in [0.2, 0.25) is 0 Å². The summed E-state index contributed by atoms with van der Waals surface area (Å²) in [5.41, 5.74) is 0.498. The molecular weight excluding hydrogens is 276 g/mol. The van der Waals surface area contributed by atoms with Crippen LogP contribution >= 0.6 is 0 Å². The Morgan fingerprint density at radius 1 is 1.23 bits per heavy atom. The third-order valence-corrected chi connectivity index (χ3v) is 4.97. The molecule has 2 fully saturated rings. The quantitative estimate of drug-likeness (QED) is 0.929. The highest BCUT2D eigenvalue weighted by molar-refractivity contribution is 5.93. The molecule has 1 saturated carbocycles. The van der Waals surface area contributed by atoms with Crippen LogP contribution in [0.25, 0.3) is 0 Å². The molecule has 1 aromatic rings. The number of hydrogen-bond donors (Lipinski definition) is 1. The Balaban J connectivity index is 1.72. The number of piperidine rings is 1. The van der Waals surface area contributed by atoms with Crippen LogP contribution in [0.4, 0.5) is 5.82 Å².